The van der Waals surface area contributed by atoms with Crippen LogP contribution in [-0.4, -0.2) is 27.8 Å². The molecule has 0 saturated carbocycles. The maximum absolute atomic E-state index is 12.5. The summed E-state index contributed by atoms with van der Waals surface area (Å²) in [7, 11) is 0. The quantitative estimate of drug-likeness (QED) is 0.920. The third-order valence-corrected chi connectivity index (χ3v) is 3.58. The van der Waals surface area contributed by atoms with Crippen molar-refractivity contribution in [2.24, 2.45) is 0 Å². The van der Waals surface area contributed by atoms with Gasteiger partial charge in [-0.2, -0.15) is 0 Å². The lowest BCUT2D eigenvalue weighted by Crippen LogP contribution is -2.36. The lowest BCUT2D eigenvalue weighted by atomic mass is 10.2. The van der Waals surface area contributed by atoms with E-state index in [9.17, 15) is 9.59 Å². The smallest absolute Gasteiger partial charge is 0.415 e. The van der Waals surface area contributed by atoms with Gasteiger partial charge in [-0.15, -0.1) is 11.3 Å². The Morgan fingerprint density at radius 2 is 2.09 bits per heavy atom. The molecular formula is C16H18N2O4S. The van der Waals surface area contributed by atoms with Gasteiger partial charge in [0.2, 0.25) is 0 Å². The van der Waals surface area contributed by atoms with Crippen molar-refractivity contribution >= 4 is 29.1 Å². The lowest BCUT2D eigenvalue weighted by Gasteiger charge is -2.27. The predicted octanol–water partition coefficient (Wildman–Crippen LogP) is 3.78. The van der Waals surface area contributed by atoms with Crippen LogP contribution in [0.3, 0.4) is 0 Å². The van der Waals surface area contributed by atoms with E-state index in [1.54, 1.807) is 44.6 Å². The van der Waals surface area contributed by atoms with Crippen molar-refractivity contribution in [3.8, 4) is 0 Å². The molecule has 0 saturated heterocycles. The number of nitrogens with zero attached hydrogens (tertiary/aromatic N) is 2. The Morgan fingerprint density at radius 3 is 2.65 bits per heavy atom. The molecule has 0 atom stereocenters. The number of ether oxygens (including phenoxy) is 1. The number of carboxylic acids is 1. The zero-order valence-corrected chi connectivity index (χ0v) is 14.0. The Kier molecular flexibility index (Phi) is 5.00. The molecule has 7 heteroatoms. The number of carbonyl (C=O) groups is 2. The number of aromatic nitrogens is 1. The number of amides is 1. The SMILES string of the molecule is CC(C)(C)OC(=O)N(Cc1cncs1)c1cccc(C(=O)O)c1. The third kappa shape index (κ3) is 4.79. The molecule has 6 nitrogen and oxygen atoms in total. The first-order chi connectivity index (χ1) is 10.8. The molecule has 0 aliphatic heterocycles. The monoisotopic (exact) mass is 334 g/mol. The topological polar surface area (TPSA) is 79.7 Å². The number of hydrogen-bond donors (Lipinski definition) is 1. The maximum atomic E-state index is 12.5. The van der Waals surface area contributed by atoms with Crippen LogP contribution in [0.5, 0.6) is 0 Å². The number of carbonyl (C=O) groups excluding carboxylic acids is 1. The summed E-state index contributed by atoms with van der Waals surface area (Å²) in [6.07, 6.45) is 1.14. The summed E-state index contributed by atoms with van der Waals surface area (Å²) in [5.41, 5.74) is 1.61. The first-order valence-electron chi connectivity index (χ1n) is 6.97. The third-order valence-electron chi connectivity index (χ3n) is 2.82. The second-order valence-electron chi connectivity index (χ2n) is 5.89. The lowest BCUT2D eigenvalue weighted by molar-refractivity contribution is 0.0576. The normalized spacial score (nSPS) is 11.1. The van der Waals surface area contributed by atoms with Gasteiger partial charge in [0.15, 0.2) is 0 Å². The highest BCUT2D eigenvalue weighted by Gasteiger charge is 2.24. The van der Waals surface area contributed by atoms with Gasteiger partial charge in [-0.25, -0.2) is 9.59 Å². The van der Waals surface area contributed by atoms with E-state index in [-0.39, 0.29) is 12.1 Å². The van der Waals surface area contributed by atoms with Crippen molar-refractivity contribution in [1.29, 1.82) is 0 Å². The Balaban J connectivity index is 2.34. The van der Waals surface area contributed by atoms with Gasteiger partial charge >= 0.3 is 12.1 Å². The van der Waals surface area contributed by atoms with E-state index < -0.39 is 17.7 Å². The summed E-state index contributed by atoms with van der Waals surface area (Å²) >= 11 is 1.41. The minimum absolute atomic E-state index is 0.111. The van der Waals surface area contributed by atoms with Crippen LogP contribution >= 0.6 is 11.3 Å². The number of benzene rings is 1. The van der Waals surface area contributed by atoms with Crippen LogP contribution in [0.1, 0.15) is 36.0 Å². The van der Waals surface area contributed by atoms with Crippen LogP contribution in [-0.2, 0) is 11.3 Å². The largest absolute Gasteiger partial charge is 0.478 e. The molecule has 2 rings (SSSR count). The van der Waals surface area contributed by atoms with Crippen molar-refractivity contribution in [2.45, 2.75) is 32.9 Å². The molecule has 0 radical (unpaired) electrons. The van der Waals surface area contributed by atoms with Crippen LogP contribution < -0.4 is 4.90 Å². The summed E-state index contributed by atoms with van der Waals surface area (Å²) in [6.45, 7) is 5.61. The molecule has 2 aromatic rings. The Hall–Kier alpha value is -2.41. The zero-order valence-electron chi connectivity index (χ0n) is 13.1. The first kappa shape index (κ1) is 17.0. The van der Waals surface area contributed by atoms with Gasteiger partial charge in [0.05, 0.1) is 17.6 Å². The summed E-state index contributed by atoms with van der Waals surface area (Å²) in [6, 6.07) is 6.21. The van der Waals surface area contributed by atoms with Crippen molar-refractivity contribution in [1.82, 2.24) is 4.98 Å². The Labute approximate surface area is 138 Å². The zero-order chi connectivity index (χ0) is 17.0. The number of thiazole rings is 1. The fourth-order valence-electron chi connectivity index (χ4n) is 1.86. The van der Waals surface area contributed by atoms with Crippen LogP contribution in [0, 0.1) is 0 Å². The number of carboxylic acid groups (broad SMARTS) is 1. The Morgan fingerprint density at radius 1 is 1.35 bits per heavy atom. The molecule has 1 N–H and O–H groups in total. The summed E-state index contributed by atoms with van der Waals surface area (Å²) in [5, 5.41) is 9.13. The minimum atomic E-state index is -1.05. The standard InChI is InChI=1S/C16H18N2O4S/c1-16(2,3)22-15(21)18(9-13-8-17-10-23-13)12-6-4-5-11(7-12)14(19)20/h4-8,10H,9H2,1-3H3,(H,19,20). The van der Waals surface area contributed by atoms with Crippen LogP contribution in [0.4, 0.5) is 10.5 Å². The van der Waals surface area contributed by atoms with E-state index in [1.165, 1.54) is 28.4 Å². The van der Waals surface area contributed by atoms with Gasteiger partial charge in [0, 0.05) is 16.8 Å². The van der Waals surface area contributed by atoms with E-state index in [4.69, 9.17) is 9.84 Å². The highest BCUT2D eigenvalue weighted by Crippen LogP contribution is 2.23. The number of anilines is 1. The average molecular weight is 334 g/mol. The molecule has 0 fully saturated rings. The predicted molar refractivity (Wildman–Crippen MR) is 87.9 cm³/mol. The summed E-state index contributed by atoms with van der Waals surface area (Å²) < 4.78 is 5.43. The molecule has 0 aliphatic carbocycles. The summed E-state index contributed by atoms with van der Waals surface area (Å²) in [5.74, 6) is -1.05. The minimum Gasteiger partial charge on any atom is -0.478 e. The maximum Gasteiger partial charge on any atom is 0.415 e. The van der Waals surface area contributed by atoms with Gasteiger partial charge in [0.1, 0.15) is 5.60 Å². The highest BCUT2D eigenvalue weighted by atomic mass is 32.1. The number of hydrogen-bond acceptors (Lipinski definition) is 5. The first-order valence-corrected chi connectivity index (χ1v) is 7.85. The van der Waals surface area contributed by atoms with Gasteiger partial charge in [-0.3, -0.25) is 9.88 Å². The van der Waals surface area contributed by atoms with Crippen LogP contribution in [0.25, 0.3) is 0 Å². The van der Waals surface area contributed by atoms with Crippen molar-refractivity contribution in [2.75, 3.05) is 4.90 Å². The molecule has 1 aromatic carbocycles. The van der Waals surface area contributed by atoms with Gasteiger partial charge < -0.3 is 9.84 Å². The average Bonchev–Trinajstić information content (AvgIpc) is 2.96. The summed E-state index contributed by atoms with van der Waals surface area (Å²) in [4.78, 5) is 29.9. The molecule has 0 spiro atoms. The van der Waals surface area contributed by atoms with Crippen molar-refractivity contribution in [3.63, 3.8) is 0 Å². The fourth-order valence-corrected chi connectivity index (χ4v) is 2.44. The van der Waals surface area contributed by atoms with E-state index in [0.717, 1.165) is 4.88 Å². The van der Waals surface area contributed by atoms with E-state index in [1.807, 2.05) is 0 Å². The van der Waals surface area contributed by atoms with Crippen LogP contribution in [0.15, 0.2) is 36.0 Å². The van der Waals surface area contributed by atoms with Gasteiger partial charge in [-0.05, 0) is 39.0 Å². The van der Waals surface area contributed by atoms with Gasteiger partial charge in [0.25, 0.3) is 0 Å². The fraction of sp³-hybridized carbons (Fsp3) is 0.312. The molecule has 1 heterocycles. The van der Waals surface area contributed by atoms with Crippen LogP contribution in [0.2, 0.25) is 0 Å². The second-order valence-corrected chi connectivity index (χ2v) is 6.86. The molecule has 0 unspecified atom stereocenters. The van der Waals surface area contributed by atoms with Gasteiger partial charge in [-0.1, -0.05) is 6.07 Å². The molecule has 122 valence electrons. The number of rotatable bonds is 4. The molecule has 0 bridgehead atoms. The number of aromatic carboxylic acids is 1. The molecular weight excluding hydrogens is 316 g/mol. The van der Waals surface area contributed by atoms with E-state index in [2.05, 4.69) is 4.98 Å². The highest BCUT2D eigenvalue weighted by molar-refractivity contribution is 7.09. The molecule has 23 heavy (non-hydrogen) atoms. The van der Waals surface area contributed by atoms with E-state index >= 15 is 0 Å². The molecule has 0 aliphatic rings. The van der Waals surface area contributed by atoms with E-state index in [0.29, 0.717) is 5.69 Å². The molecule has 1 aromatic heterocycles. The molecule has 1 amide bonds. The second kappa shape index (κ2) is 6.78. The van der Waals surface area contributed by atoms with Crippen molar-refractivity contribution < 1.29 is 19.4 Å². The van der Waals surface area contributed by atoms with Crippen molar-refractivity contribution in [3.05, 3.63) is 46.4 Å². The Bertz CT molecular complexity index is 692.